The molecule has 0 saturated heterocycles. The smallest absolute Gasteiger partial charge is 0.219 e. The van der Waals surface area contributed by atoms with Gasteiger partial charge in [0.2, 0.25) is 5.91 Å². The van der Waals surface area contributed by atoms with Gasteiger partial charge in [0.15, 0.2) is 0 Å². The first kappa shape index (κ1) is 17.7. The second-order valence-electron chi connectivity index (χ2n) is 5.57. The maximum absolute atomic E-state index is 11.1. The van der Waals surface area contributed by atoms with E-state index in [1.54, 1.807) is 7.11 Å². The van der Waals surface area contributed by atoms with Crippen molar-refractivity contribution in [2.24, 2.45) is 5.73 Å². The van der Waals surface area contributed by atoms with E-state index in [4.69, 9.17) is 15.2 Å². The predicted octanol–water partition coefficient (Wildman–Crippen LogP) is 2.76. The summed E-state index contributed by atoms with van der Waals surface area (Å²) in [6, 6.07) is 15.7. The summed E-state index contributed by atoms with van der Waals surface area (Å²) < 4.78 is 11.0. The van der Waals surface area contributed by atoms with Crippen LogP contribution < -0.4 is 20.1 Å². The maximum Gasteiger partial charge on any atom is 0.219 e. The molecule has 0 aliphatic heterocycles. The number of carbonyl (C=O) groups excluding carboxylic acids is 1. The van der Waals surface area contributed by atoms with Crippen molar-refractivity contribution in [1.29, 1.82) is 0 Å². The van der Waals surface area contributed by atoms with E-state index in [0.29, 0.717) is 26.1 Å². The SMILES string of the molecule is COc1ccc(N(CCOc2cccc(C)c2)CCC(N)=O)cc1. The lowest BCUT2D eigenvalue weighted by molar-refractivity contribution is -0.117. The number of carbonyl (C=O) groups is 1. The Labute approximate surface area is 143 Å². The summed E-state index contributed by atoms with van der Waals surface area (Å²) in [5, 5.41) is 0. The quantitative estimate of drug-likeness (QED) is 0.769. The number of hydrogen-bond acceptors (Lipinski definition) is 4. The Balaban J connectivity index is 1.98. The molecule has 2 N–H and O–H groups in total. The predicted molar refractivity (Wildman–Crippen MR) is 95.7 cm³/mol. The second kappa shape index (κ2) is 8.82. The number of ether oxygens (including phenoxy) is 2. The Morgan fingerprint density at radius 3 is 2.46 bits per heavy atom. The average Bonchev–Trinajstić information content (AvgIpc) is 2.58. The average molecular weight is 328 g/mol. The van der Waals surface area contributed by atoms with Crippen LogP contribution in [0.25, 0.3) is 0 Å². The number of anilines is 1. The summed E-state index contributed by atoms with van der Waals surface area (Å²) in [7, 11) is 1.63. The number of methoxy groups -OCH3 is 1. The minimum absolute atomic E-state index is 0.302. The fraction of sp³-hybridized carbons (Fsp3) is 0.316. The van der Waals surface area contributed by atoms with Gasteiger partial charge in [0.05, 0.1) is 13.7 Å². The molecule has 0 fully saturated rings. The third kappa shape index (κ3) is 5.50. The van der Waals surface area contributed by atoms with Crippen LogP contribution in [0.5, 0.6) is 11.5 Å². The summed E-state index contributed by atoms with van der Waals surface area (Å²) in [6.07, 6.45) is 0.302. The Kier molecular flexibility index (Phi) is 6.49. The van der Waals surface area contributed by atoms with Crippen molar-refractivity contribution in [3.63, 3.8) is 0 Å². The summed E-state index contributed by atoms with van der Waals surface area (Å²) >= 11 is 0. The molecule has 0 radical (unpaired) electrons. The van der Waals surface area contributed by atoms with Crippen LogP contribution >= 0.6 is 0 Å². The van der Waals surface area contributed by atoms with Crippen LogP contribution in [0.3, 0.4) is 0 Å². The van der Waals surface area contributed by atoms with Gasteiger partial charge in [0, 0.05) is 18.7 Å². The van der Waals surface area contributed by atoms with Gasteiger partial charge in [-0.25, -0.2) is 0 Å². The van der Waals surface area contributed by atoms with Crippen LogP contribution in [0, 0.1) is 6.92 Å². The highest BCUT2D eigenvalue weighted by atomic mass is 16.5. The van der Waals surface area contributed by atoms with E-state index in [-0.39, 0.29) is 5.91 Å². The first-order chi connectivity index (χ1) is 11.6. The molecule has 5 nitrogen and oxygen atoms in total. The van der Waals surface area contributed by atoms with Gasteiger partial charge in [-0.2, -0.15) is 0 Å². The van der Waals surface area contributed by atoms with Crippen LogP contribution in [0.4, 0.5) is 5.69 Å². The highest BCUT2D eigenvalue weighted by Gasteiger charge is 2.09. The summed E-state index contributed by atoms with van der Waals surface area (Å²) in [5.74, 6) is 1.33. The molecule has 2 aromatic rings. The van der Waals surface area contributed by atoms with E-state index < -0.39 is 0 Å². The van der Waals surface area contributed by atoms with Crippen molar-refractivity contribution in [3.05, 3.63) is 54.1 Å². The molecule has 24 heavy (non-hydrogen) atoms. The topological polar surface area (TPSA) is 64.8 Å². The number of hydrogen-bond donors (Lipinski definition) is 1. The number of nitrogens with zero attached hydrogens (tertiary/aromatic N) is 1. The van der Waals surface area contributed by atoms with Crippen molar-refractivity contribution in [3.8, 4) is 11.5 Å². The van der Waals surface area contributed by atoms with Crippen LogP contribution in [0.2, 0.25) is 0 Å². The van der Waals surface area contributed by atoms with Crippen molar-refractivity contribution < 1.29 is 14.3 Å². The molecular formula is C19H24N2O3. The number of amides is 1. The van der Waals surface area contributed by atoms with Crippen molar-refractivity contribution in [2.75, 3.05) is 31.7 Å². The normalized spacial score (nSPS) is 10.2. The molecule has 2 rings (SSSR count). The standard InChI is InChI=1S/C19H24N2O3/c1-15-4-3-5-18(14-15)24-13-12-21(11-10-19(20)22)16-6-8-17(23-2)9-7-16/h3-9,14H,10-13H2,1-2H3,(H2,20,22). The summed E-state index contributed by atoms with van der Waals surface area (Å²) in [6.45, 7) is 3.77. The lowest BCUT2D eigenvalue weighted by Gasteiger charge is -2.24. The van der Waals surface area contributed by atoms with Gasteiger partial charge < -0.3 is 20.1 Å². The number of nitrogens with two attached hydrogens (primary N) is 1. The van der Waals surface area contributed by atoms with Gasteiger partial charge in [-0.15, -0.1) is 0 Å². The zero-order valence-electron chi connectivity index (χ0n) is 14.2. The van der Waals surface area contributed by atoms with Crippen LogP contribution in [-0.4, -0.2) is 32.7 Å². The Morgan fingerprint density at radius 1 is 1.08 bits per heavy atom. The monoisotopic (exact) mass is 328 g/mol. The van der Waals surface area contributed by atoms with Gasteiger partial charge in [-0.3, -0.25) is 4.79 Å². The van der Waals surface area contributed by atoms with Gasteiger partial charge in [-0.05, 0) is 48.9 Å². The van der Waals surface area contributed by atoms with Crippen LogP contribution in [0.1, 0.15) is 12.0 Å². The van der Waals surface area contributed by atoms with Gasteiger partial charge in [0.1, 0.15) is 18.1 Å². The number of benzene rings is 2. The number of rotatable bonds is 9. The third-order valence-electron chi connectivity index (χ3n) is 3.69. The molecule has 1 amide bonds. The zero-order valence-corrected chi connectivity index (χ0v) is 14.2. The largest absolute Gasteiger partial charge is 0.497 e. The van der Waals surface area contributed by atoms with Crippen molar-refractivity contribution in [1.82, 2.24) is 0 Å². The highest BCUT2D eigenvalue weighted by molar-refractivity contribution is 5.74. The summed E-state index contributed by atoms with van der Waals surface area (Å²) in [4.78, 5) is 13.2. The van der Waals surface area contributed by atoms with E-state index in [1.807, 2.05) is 55.5 Å². The van der Waals surface area contributed by atoms with Gasteiger partial charge in [0.25, 0.3) is 0 Å². The molecule has 0 heterocycles. The van der Waals surface area contributed by atoms with Gasteiger partial charge in [-0.1, -0.05) is 12.1 Å². The van der Waals surface area contributed by atoms with Crippen LogP contribution in [-0.2, 0) is 4.79 Å². The highest BCUT2D eigenvalue weighted by Crippen LogP contribution is 2.20. The van der Waals surface area contributed by atoms with E-state index in [0.717, 1.165) is 22.7 Å². The second-order valence-corrected chi connectivity index (χ2v) is 5.57. The fourth-order valence-corrected chi connectivity index (χ4v) is 2.39. The Bertz CT molecular complexity index is 656. The van der Waals surface area contributed by atoms with Gasteiger partial charge >= 0.3 is 0 Å². The Hall–Kier alpha value is -2.69. The van der Waals surface area contributed by atoms with Crippen LogP contribution in [0.15, 0.2) is 48.5 Å². The minimum Gasteiger partial charge on any atom is -0.497 e. The first-order valence-electron chi connectivity index (χ1n) is 7.95. The van der Waals surface area contributed by atoms with E-state index in [9.17, 15) is 4.79 Å². The zero-order chi connectivity index (χ0) is 17.4. The Morgan fingerprint density at radius 2 is 1.83 bits per heavy atom. The molecular weight excluding hydrogens is 304 g/mol. The molecule has 128 valence electrons. The molecule has 0 aliphatic rings. The first-order valence-corrected chi connectivity index (χ1v) is 7.95. The number of primary amides is 1. The van der Waals surface area contributed by atoms with Crippen molar-refractivity contribution >= 4 is 11.6 Å². The summed E-state index contributed by atoms with van der Waals surface area (Å²) in [5.41, 5.74) is 7.45. The van der Waals surface area contributed by atoms with E-state index in [1.165, 1.54) is 0 Å². The molecule has 0 saturated carbocycles. The molecule has 2 aromatic carbocycles. The molecule has 0 atom stereocenters. The fourth-order valence-electron chi connectivity index (χ4n) is 2.39. The van der Waals surface area contributed by atoms with E-state index in [2.05, 4.69) is 4.90 Å². The minimum atomic E-state index is -0.312. The number of aryl methyl sites for hydroxylation is 1. The lowest BCUT2D eigenvalue weighted by atomic mass is 10.2. The third-order valence-corrected chi connectivity index (χ3v) is 3.69. The maximum atomic E-state index is 11.1. The molecule has 0 spiro atoms. The molecule has 0 unspecified atom stereocenters. The lowest BCUT2D eigenvalue weighted by Crippen LogP contribution is -2.31. The molecule has 5 heteroatoms. The molecule has 0 bridgehead atoms. The molecule has 0 aromatic heterocycles. The van der Waals surface area contributed by atoms with E-state index >= 15 is 0 Å². The molecule has 0 aliphatic carbocycles. The van der Waals surface area contributed by atoms with Crippen molar-refractivity contribution in [2.45, 2.75) is 13.3 Å².